The fraction of sp³-hybridized carbons (Fsp3) is 0.557. The molecule has 3 aliphatic rings. The maximum atomic E-state index is 13.6. The van der Waals surface area contributed by atoms with E-state index in [0.717, 1.165) is 94.9 Å². The SMILES string of the molecule is C.C=C=C1CC(C(C=O)CC/C(C)=C/C)C(=O)/C(=C/C=C\CN2CCN(CC(C)CCCCCCCCCN/C(=C/C)c3ccc(OC4CCC(N)CC4)cc3)CC2)C1=C.CC(F)(F)Oc1ccc(NO)cc1.[HH].[HH].[HH]. The summed E-state index contributed by atoms with van der Waals surface area (Å²) in [6.45, 7) is 24.7. The summed E-state index contributed by atoms with van der Waals surface area (Å²) >= 11 is 0. The van der Waals surface area contributed by atoms with Gasteiger partial charge in [0.25, 0.3) is 0 Å². The predicted octanol–water partition coefficient (Wildman–Crippen LogP) is 14.4. The van der Waals surface area contributed by atoms with Crippen molar-refractivity contribution in [1.82, 2.24) is 15.1 Å². The number of nitrogens with zero attached hydrogens (tertiary/aromatic N) is 2. The molecule has 0 amide bonds. The molecule has 3 fully saturated rings. The average Bonchev–Trinajstić information content (AvgIpc) is 3.37. The van der Waals surface area contributed by atoms with Crippen LogP contribution in [0.25, 0.3) is 5.70 Å². The molecule has 12 heteroatoms. The molecule has 10 nitrogen and oxygen atoms in total. The Labute approximate surface area is 443 Å². The number of ether oxygens (including phenoxy) is 2. The van der Waals surface area contributed by atoms with Gasteiger partial charge in [-0.3, -0.25) is 20.4 Å². The number of allylic oxidation sites excluding steroid dienone is 8. The Bertz CT molecular complexity index is 2140. The normalized spacial score (nSPS) is 20.6. The third-order valence-electron chi connectivity index (χ3n) is 14.2. The van der Waals surface area contributed by atoms with E-state index in [1.54, 1.807) is 0 Å². The Kier molecular flexibility index (Phi) is 28.7. The van der Waals surface area contributed by atoms with Crippen LogP contribution in [0.4, 0.5) is 14.5 Å². The number of hydrogen-bond donors (Lipinski definition) is 4. The van der Waals surface area contributed by atoms with E-state index in [4.69, 9.17) is 15.7 Å². The molecular weight excluding hydrogens is 921 g/mol. The zero-order valence-corrected chi connectivity index (χ0v) is 44.2. The molecule has 1 saturated heterocycles. The molecule has 0 spiro atoms. The van der Waals surface area contributed by atoms with Gasteiger partial charge in [0.2, 0.25) is 0 Å². The second kappa shape index (κ2) is 33.7. The number of nitrogens with one attached hydrogen (secondary N) is 2. The van der Waals surface area contributed by atoms with Crippen LogP contribution in [0.1, 0.15) is 148 Å². The zero-order chi connectivity index (χ0) is 52.3. The molecule has 5 N–H and O–H groups in total. The lowest BCUT2D eigenvalue weighted by atomic mass is 9.71. The van der Waals surface area contributed by atoms with E-state index >= 15 is 0 Å². The van der Waals surface area contributed by atoms with E-state index in [2.05, 4.69) is 102 Å². The summed E-state index contributed by atoms with van der Waals surface area (Å²) in [4.78, 5) is 30.8. The van der Waals surface area contributed by atoms with Gasteiger partial charge < -0.3 is 30.2 Å². The number of hydrogen-bond acceptors (Lipinski definition) is 10. The van der Waals surface area contributed by atoms with Crippen LogP contribution in [0.5, 0.6) is 11.5 Å². The molecule has 0 bridgehead atoms. The smallest absolute Gasteiger partial charge is 0.394 e. The van der Waals surface area contributed by atoms with E-state index in [-0.39, 0.29) is 35.1 Å². The lowest BCUT2D eigenvalue weighted by Crippen LogP contribution is -2.47. The van der Waals surface area contributed by atoms with Gasteiger partial charge in [0.1, 0.15) is 17.8 Å². The number of ketones is 1. The molecule has 2 aliphatic carbocycles. The standard InChI is InChI=1S/C52H78N4O3.C8H9F2NO2.CH4.3H2/c1-7-40(4)21-22-45(39-57)50-37-43(8-2)42(6)49(52(50)58)20-16-18-32-55-33-35-56(36-34-55)38-41(5)19-15-13-11-10-12-14-17-31-54-51(9-3)44-23-27-47(28-24-44)59-48-29-25-46(53)26-30-48;1-8(9,10)13-7-4-2-6(11-12)3-5-7;;;;/h7,9,16,18,20,23-24,27-28,39,41,45-46,48,50,54H,2,6,10-15,17,19,21-22,25-26,29-38,53H2,1,3-5H3;2-5,11-12H,1H3;1H4;3*1H/b18-16-,40-7+,49-20+,51-9+;;;;;. The van der Waals surface area contributed by atoms with E-state index in [1.807, 2.05) is 24.6 Å². The minimum atomic E-state index is -3.19. The summed E-state index contributed by atoms with van der Waals surface area (Å²) in [5.74, 6) is 1.04. The molecule has 3 atom stereocenters. The molecule has 410 valence electrons. The number of carbonyl (C=O) groups excluding carboxylic acids is 2. The van der Waals surface area contributed by atoms with Crippen LogP contribution in [0.3, 0.4) is 0 Å². The summed E-state index contributed by atoms with van der Waals surface area (Å²) in [6.07, 6.45) is 25.0. The minimum Gasteiger partial charge on any atom is -0.490 e. The summed E-state index contributed by atoms with van der Waals surface area (Å²) < 4.78 is 35.1. The molecular formula is C61H97F2N5O5. The van der Waals surface area contributed by atoms with Gasteiger partial charge in [-0.1, -0.05) is 102 Å². The summed E-state index contributed by atoms with van der Waals surface area (Å²) in [5, 5.41) is 12.1. The topological polar surface area (TPSA) is 129 Å². The fourth-order valence-corrected chi connectivity index (χ4v) is 9.63. The monoisotopic (exact) mass is 1020 g/mol. The number of aldehydes is 1. The highest BCUT2D eigenvalue weighted by atomic mass is 19.3. The van der Waals surface area contributed by atoms with Gasteiger partial charge in [-0.2, -0.15) is 8.78 Å². The van der Waals surface area contributed by atoms with Gasteiger partial charge in [0.15, 0.2) is 5.78 Å². The zero-order valence-electron chi connectivity index (χ0n) is 44.2. The summed E-state index contributed by atoms with van der Waals surface area (Å²) in [7, 11) is 0. The first kappa shape index (κ1) is 62.2. The molecule has 2 aromatic rings. The van der Waals surface area contributed by atoms with Gasteiger partial charge in [-0.05, 0) is 144 Å². The lowest BCUT2D eigenvalue weighted by Gasteiger charge is -2.35. The molecule has 0 radical (unpaired) electrons. The molecule has 73 heavy (non-hydrogen) atoms. The highest BCUT2D eigenvalue weighted by molar-refractivity contribution is 6.05. The van der Waals surface area contributed by atoms with Gasteiger partial charge in [-0.15, -0.1) is 5.73 Å². The van der Waals surface area contributed by atoms with E-state index in [9.17, 15) is 18.4 Å². The first-order valence-corrected chi connectivity index (χ1v) is 26.7. The maximum Gasteiger partial charge on any atom is 0.394 e. The fourth-order valence-electron chi connectivity index (χ4n) is 9.63. The molecule has 2 aromatic carbocycles. The molecule has 5 rings (SSSR count). The van der Waals surface area contributed by atoms with Crippen LogP contribution in [-0.4, -0.2) is 91.1 Å². The van der Waals surface area contributed by atoms with Crippen LogP contribution >= 0.6 is 0 Å². The van der Waals surface area contributed by atoms with E-state index in [1.165, 1.54) is 99.0 Å². The lowest BCUT2D eigenvalue weighted by molar-refractivity contribution is -0.159. The van der Waals surface area contributed by atoms with Crippen molar-refractivity contribution >= 4 is 23.5 Å². The number of piperazine rings is 1. The number of rotatable bonds is 27. The van der Waals surface area contributed by atoms with Crippen LogP contribution in [-0.2, 0) is 9.59 Å². The van der Waals surface area contributed by atoms with Crippen molar-refractivity contribution in [2.24, 2.45) is 23.5 Å². The Morgan fingerprint density at radius 2 is 1.55 bits per heavy atom. The van der Waals surface area contributed by atoms with Gasteiger partial charge in [-0.25, -0.2) is 0 Å². The van der Waals surface area contributed by atoms with Gasteiger partial charge >= 0.3 is 6.11 Å². The third-order valence-corrected chi connectivity index (χ3v) is 14.2. The summed E-state index contributed by atoms with van der Waals surface area (Å²) in [6, 6.07) is 14.4. The van der Waals surface area contributed by atoms with Crippen molar-refractivity contribution in [1.29, 1.82) is 0 Å². The number of unbranched alkanes of at least 4 members (excludes halogenated alkanes) is 6. The van der Waals surface area contributed by atoms with Gasteiger partial charge in [0, 0.05) is 91.7 Å². The van der Waals surface area contributed by atoms with E-state index < -0.39 is 6.11 Å². The number of benzene rings is 2. The second-order valence-corrected chi connectivity index (χ2v) is 20.1. The van der Waals surface area contributed by atoms with E-state index in [0.29, 0.717) is 48.7 Å². The van der Waals surface area contributed by atoms with Crippen molar-refractivity contribution in [2.45, 2.75) is 157 Å². The van der Waals surface area contributed by atoms with Crippen molar-refractivity contribution in [3.05, 3.63) is 126 Å². The van der Waals surface area contributed by atoms with Crippen molar-refractivity contribution < 1.29 is 37.3 Å². The molecule has 3 unspecified atom stereocenters. The number of nitrogens with two attached hydrogens (primary N) is 1. The highest BCUT2D eigenvalue weighted by Crippen LogP contribution is 2.38. The number of halogens is 2. The number of alkyl halides is 2. The maximum absolute atomic E-state index is 13.6. The van der Waals surface area contributed by atoms with Crippen molar-refractivity contribution in [2.75, 3.05) is 51.3 Å². The van der Waals surface area contributed by atoms with Crippen LogP contribution < -0.4 is 26.0 Å². The number of anilines is 1. The Morgan fingerprint density at radius 1 is 0.932 bits per heavy atom. The number of carbonyl (C=O) groups is 2. The Morgan fingerprint density at radius 3 is 2.14 bits per heavy atom. The predicted molar refractivity (Wildman–Crippen MR) is 304 cm³/mol. The quantitative estimate of drug-likeness (QED) is 0.0171. The largest absolute Gasteiger partial charge is 0.490 e. The van der Waals surface area contributed by atoms with Crippen LogP contribution in [0.15, 0.2) is 120 Å². The van der Waals surface area contributed by atoms with Crippen molar-refractivity contribution in [3.8, 4) is 11.5 Å². The summed E-state index contributed by atoms with van der Waals surface area (Å²) in [5.41, 5.74) is 17.1. The molecule has 1 heterocycles. The molecule has 1 aliphatic heterocycles. The second-order valence-electron chi connectivity index (χ2n) is 20.1. The third kappa shape index (κ3) is 22.9. The molecule has 2 saturated carbocycles. The molecule has 0 aromatic heterocycles. The Balaban J connectivity index is 0.00000289. The average molecular weight is 1020 g/mol. The first-order valence-electron chi connectivity index (χ1n) is 26.7. The minimum absolute atomic E-state index is 0. The highest BCUT2D eigenvalue weighted by Gasteiger charge is 2.36. The number of Topliss-reactive ketones (excluding diaryl/α,β-unsaturated/α-hetero) is 1. The van der Waals surface area contributed by atoms with Crippen LogP contribution in [0.2, 0.25) is 0 Å². The van der Waals surface area contributed by atoms with Crippen molar-refractivity contribution in [3.63, 3.8) is 0 Å². The Hall–Kier alpha value is -5.10. The first-order chi connectivity index (χ1) is 34.7. The van der Waals surface area contributed by atoms with Gasteiger partial charge in [0.05, 0.1) is 11.8 Å². The van der Waals surface area contributed by atoms with Crippen LogP contribution in [0, 0.1) is 17.8 Å².